The van der Waals surface area contributed by atoms with E-state index >= 15 is 0 Å². The molecular formula is C14H16N2O3. The first kappa shape index (κ1) is 13.0. The average molecular weight is 260 g/mol. The Labute approximate surface area is 110 Å². The topological polar surface area (TPSA) is 85.3 Å². The van der Waals surface area contributed by atoms with E-state index in [1.165, 1.54) is 17.7 Å². The van der Waals surface area contributed by atoms with Crippen LogP contribution in [0.15, 0.2) is 35.1 Å². The number of H-pyrrole nitrogens is 1. The lowest BCUT2D eigenvalue weighted by Gasteiger charge is -1.98. The highest BCUT2D eigenvalue weighted by Crippen LogP contribution is 2.25. The Bertz CT molecular complexity index is 612. The Morgan fingerprint density at radius 3 is 2.63 bits per heavy atom. The summed E-state index contributed by atoms with van der Waals surface area (Å²) in [5, 5.41) is 21.0. The minimum absolute atomic E-state index is 0.0833. The maximum atomic E-state index is 10.5. The van der Waals surface area contributed by atoms with Crippen molar-refractivity contribution in [2.45, 2.75) is 13.3 Å². The second-order valence-electron chi connectivity index (χ2n) is 4.43. The Morgan fingerprint density at radius 1 is 1.16 bits per heavy atom. The van der Waals surface area contributed by atoms with Gasteiger partial charge in [0.2, 0.25) is 0 Å². The van der Waals surface area contributed by atoms with Crippen LogP contribution in [0.25, 0.3) is 0 Å². The molecular weight excluding hydrogens is 244 g/mol. The first-order valence-corrected chi connectivity index (χ1v) is 6.00. The van der Waals surface area contributed by atoms with Crippen molar-refractivity contribution in [2.24, 2.45) is 0 Å². The summed E-state index contributed by atoms with van der Waals surface area (Å²) in [7, 11) is 0. The van der Waals surface area contributed by atoms with E-state index in [-0.39, 0.29) is 11.4 Å². The molecule has 0 fully saturated rings. The first-order chi connectivity index (χ1) is 9.04. The van der Waals surface area contributed by atoms with Gasteiger partial charge in [-0.25, -0.2) is 0 Å². The van der Waals surface area contributed by atoms with Gasteiger partial charge in [-0.05, 0) is 30.5 Å². The molecule has 5 nitrogen and oxygen atoms in total. The Hall–Kier alpha value is -2.43. The van der Waals surface area contributed by atoms with E-state index < -0.39 is 0 Å². The number of pyridine rings is 1. The molecule has 1 aliphatic heterocycles. The number of phenolic OH excluding ortho intramolecular Hbond substituents is 1. The van der Waals surface area contributed by atoms with E-state index in [1.54, 1.807) is 19.1 Å². The van der Waals surface area contributed by atoms with Gasteiger partial charge in [0, 0.05) is 30.4 Å². The molecule has 0 bridgehead atoms. The van der Waals surface area contributed by atoms with Gasteiger partial charge in [-0.15, -0.1) is 0 Å². The molecule has 1 aliphatic rings. The number of phenols is 1. The first-order valence-electron chi connectivity index (χ1n) is 6.00. The normalized spacial score (nSPS) is 12.1. The van der Waals surface area contributed by atoms with E-state index in [0.29, 0.717) is 5.75 Å². The van der Waals surface area contributed by atoms with Crippen molar-refractivity contribution in [1.82, 2.24) is 4.98 Å². The molecule has 0 radical (unpaired) electrons. The van der Waals surface area contributed by atoms with Crippen LogP contribution in [0.4, 0.5) is 5.69 Å². The van der Waals surface area contributed by atoms with E-state index in [0.717, 1.165) is 24.2 Å². The van der Waals surface area contributed by atoms with Crippen molar-refractivity contribution < 1.29 is 10.2 Å². The van der Waals surface area contributed by atoms with Gasteiger partial charge < -0.3 is 15.5 Å². The number of hydrogen-bond donors (Lipinski definition) is 4. The number of benzene rings is 1. The highest BCUT2D eigenvalue weighted by molar-refractivity contribution is 5.58. The zero-order valence-corrected chi connectivity index (χ0v) is 10.6. The second-order valence-corrected chi connectivity index (χ2v) is 4.43. The lowest BCUT2D eigenvalue weighted by molar-refractivity contribution is 0.451. The SMILES string of the molecule is Cc1cc(O)[nH]c(=O)c1.Oc1ccc2c(c1)NCC2. The summed E-state index contributed by atoms with van der Waals surface area (Å²) in [6.07, 6.45) is 1.08. The molecule has 0 saturated carbocycles. The smallest absolute Gasteiger partial charge is 0.250 e. The molecule has 3 rings (SSSR count). The summed E-state index contributed by atoms with van der Waals surface area (Å²) in [6, 6.07) is 8.36. The zero-order chi connectivity index (χ0) is 13.8. The monoisotopic (exact) mass is 260 g/mol. The summed E-state index contributed by atoms with van der Waals surface area (Å²) >= 11 is 0. The number of aryl methyl sites for hydroxylation is 1. The highest BCUT2D eigenvalue weighted by Gasteiger charge is 2.08. The molecule has 0 spiro atoms. The molecule has 0 atom stereocenters. The lowest BCUT2D eigenvalue weighted by atomic mass is 10.2. The third kappa shape index (κ3) is 3.51. The van der Waals surface area contributed by atoms with Gasteiger partial charge in [-0.1, -0.05) is 6.07 Å². The van der Waals surface area contributed by atoms with Gasteiger partial charge in [0.15, 0.2) is 5.88 Å². The molecule has 4 N–H and O–H groups in total. The molecule has 100 valence electrons. The third-order valence-corrected chi connectivity index (χ3v) is 2.78. The Balaban J connectivity index is 0.000000141. The fourth-order valence-electron chi connectivity index (χ4n) is 1.94. The standard InChI is InChI=1S/C8H9NO.C6H7NO2/c10-7-2-1-6-3-4-9-8(6)5-7;1-4-2-5(8)7-6(9)3-4/h1-2,5,9-10H,3-4H2;2-3H,1H3,(H2,7,8,9). The van der Waals surface area contributed by atoms with Crippen LogP contribution >= 0.6 is 0 Å². The minimum Gasteiger partial charge on any atom is -0.508 e. The van der Waals surface area contributed by atoms with Gasteiger partial charge in [-0.2, -0.15) is 0 Å². The Kier molecular flexibility index (Phi) is 3.75. The van der Waals surface area contributed by atoms with Crippen LogP contribution in [0.3, 0.4) is 0 Å². The van der Waals surface area contributed by atoms with Crippen LogP contribution in [-0.2, 0) is 6.42 Å². The van der Waals surface area contributed by atoms with Crippen molar-refractivity contribution >= 4 is 5.69 Å². The van der Waals surface area contributed by atoms with Crippen molar-refractivity contribution in [3.63, 3.8) is 0 Å². The minimum atomic E-state index is -0.271. The lowest BCUT2D eigenvalue weighted by Crippen LogP contribution is -2.02. The number of nitrogens with one attached hydrogen (secondary N) is 2. The fourth-order valence-corrected chi connectivity index (χ4v) is 1.94. The van der Waals surface area contributed by atoms with Crippen LogP contribution in [0.2, 0.25) is 0 Å². The Morgan fingerprint density at radius 2 is 1.95 bits per heavy atom. The summed E-state index contributed by atoms with van der Waals surface area (Å²) in [5.41, 5.74) is 2.88. The molecule has 0 amide bonds. The van der Waals surface area contributed by atoms with Crippen LogP contribution in [0.1, 0.15) is 11.1 Å². The number of anilines is 1. The van der Waals surface area contributed by atoms with Crippen LogP contribution in [0, 0.1) is 6.92 Å². The molecule has 1 aromatic carbocycles. The predicted molar refractivity (Wildman–Crippen MR) is 73.8 cm³/mol. The number of aromatic hydroxyl groups is 2. The largest absolute Gasteiger partial charge is 0.508 e. The number of aromatic nitrogens is 1. The van der Waals surface area contributed by atoms with Crippen molar-refractivity contribution in [3.8, 4) is 11.6 Å². The van der Waals surface area contributed by atoms with Crippen LogP contribution in [0.5, 0.6) is 11.6 Å². The highest BCUT2D eigenvalue weighted by atomic mass is 16.3. The van der Waals surface area contributed by atoms with Gasteiger partial charge in [-0.3, -0.25) is 9.78 Å². The summed E-state index contributed by atoms with van der Waals surface area (Å²) in [4.78, 5) is 12.7. The number of fused-ring (bicyclic) bond motifs is 1. The molecule has 0 saturated heterocycles. The van der Waals surface area contributed by atoms with E-state index in [9.17, 15) is 4.79 Å². The van der Waals surface area contributed by atoms with Gasteiger partial charge in [0.25, 0.3) is 5.56 Å². The maximum absolute atomic E-state index is 10.5. The molecule has 0 unspecified atom stereocenters. The van der Waals surface area contributed by atoms with Gasteiger partial charge >= 0.3 is 0 Å². The van der Waals surface area contributed by atoms with E-state index in [2.05, 4.69) is 10.3 Å². The van der Waals surface area contributed by atoms with Crippen LogP contribution < -0.4 is 10.9 Å². The van der Waals surface area contributed by atoms with Crippen molar-refractivity contribution in [2.75, 3.05) is 11.9 Å². The van der Waals surface area contributed by atoms with Gasteiger partial charge in [0.1, 0.15) is 5.75 Å². The molecule has 2 heterocycles. The molecule has 1 aromatic heterocycles. The average Bonchev–Trinajstić information content (AvgIpc) is 2.74. The summed E-state index contributed by atoms with van der Waals surface area (Å²) in [5.74, 6) is 0.258. The van der Waals surface area contributed by atoms with Crippen LogP contribution in [-0.4, -0.2) is 21.7 Å². The number of aromatic amines is 1. The quantitative estimate of drug-likeness (QED) is 0.581. The van der Waals surface area contributed by atoms with Gasteiger partial charge in [0.05, 0.1) is 0 Å². The second kappa shape index (κ2) is 5.48. The van der Waals surface area contributed by atoms with Crippen molar-refractivity contribution in [1.29, 1.82) is 0 Å². The zero-order valence-electron chi connectivity index (χ0n) is 10.6. The van der Waals surface area contributed by atoms with E-state index in [1.807, 2.05) is 6.07 Å². The molecule has 2 aromatic rings. The third-order valence-electron chi connectivity index (χ3n) is 2.78. The predicted octanol–water partition coefficient (Wildman–Crippen LogP) is 1.75. The molecule has 19 heavy (non-hydrogen) atoms. The molecule has 5 heteroatoms. The summed E-state index contributed by atoms with van der Waals surface area (Å²) < 4.78 is 0. The summed E-state index contributed by atoms with van der Waals surface area (Å²) in [6.45, 7) is 2.74. The van der Waals surface area contributed by atoms with E-state index in [4.69, 9.17) is 10.2 Å². The maximum Gasteiger partial charge on any atom is 0.250 e. The number of hydrogen-bond acceptors (Lipinski definition) is 4. The number of rotatable bonds is 0. The fraction of sp³-hybridized carbons (Fsp3) is 0.214. The van der Waals surface area contributed by atoms with Crippen molar-refractivity contribution in [3.05, 3.63) is 51.8 Å². The molecule has 0 aliphatic carbocycles.